The van der Waals surface area contributed by atoms with Crippen molar-refractivity contribution in [2.45, 2.75) is 0 Å². The average Bonchev–Trinajstić information content (AvgIpc) is 2.03. The van der Waals surface area contributed by atoms with Crippen LogP contribution in [0.1, 0.15) is 0 Å². The van der Waals surface area contributed by atoms with Crippen LogP contribution in [0.15, 0.2) is 24.3 Å². The highest BCUT2D eigenvalue weighted by Gasteiger charge is 2.08. The molecule has 0 saturated carbocycles. The molecule has 6 heteroatoms. The molecule has 0 aromatic heterocycles. The van der Waals surface area contributed by atoms with Crippen LogP contribution in [0.4, 0.5) is 5.69 Å². The minimum Gasteiger partial charge on any atom is -0.506 e. The highest BCUT2D eigenvalue weighted by molar-refractivity contribution is 7.74. The second-order valence-corrected chi connectivity index (χ2v) is 2.86. The van der Waals surface area contributed by atoms with Crippen molar-refractivity contribution in [2.75, 3.05) is 12.1 Å². The fraction of sp³-hybridized carbons (Fsp3) is 0.143. The van der Waals surface area contributed by atoms with Gasteiger partial charge in [0, 0.05) is 7.05 Å². The molecule has 5 nitrogen and oxygen atoms in total. The van der Waals surface area contributed by atoms with E-state index >= 15 is 0 Å². The van der Waals surface area contributed by atoms with Crippen LogP contribution in [-0.4, -0.2) is 20.9 Å². The van der Waals surface area contributed by atoms with Gasteiger partial charge in [-0.3, -0.25) is 4.55 Å². The fourth-order valence-corrected chi connectivity index (χ4v) is 1.14. The van der Waals surface area contributed by atoms with Gasteiger partial charge in [-0.05, 0) is 12.1 Å². The van der Waals surface area contributed by atoms with Crippen molar-refractivity contribution >= 4 is 17.0 Å². The van der Waals surface area contributed by atoms with Gasteiger partial charge in [0.25, 0.3) is 0 Å². The van der Waals surface area contributed by atoms with Crippen LogP contribution in [0.5, 0.6) is 5.75 Å². The molecular weight excluding hydrogens is 194 g/mol. The average molecular weight is 203 g/mol. The first-order chi connectivity index (χ1) is 6.11. The van der Waals surface area contributed by atoms with Crippen LogP contribution >= 0.6 is 0 Å². The number of hydrogen-bond donors (Lipinski definition) is 2. The molecule has 0 heterocycles. The Kier molecular flexibility index (Phi) is 3.24. The number of para-hydroxylation sites is 2. The number of anilines is 1. The van der Waals surface area contributed by atoms with Crippen molar-refractivity contribution in [3.05, 3.63) is 24.3 Å². The van der Waals surface area contributed by atoms with Gasteiger partial charge < -0.3 is 5.11 Å². The first-order valence-electron chi connectivity index (χ1n) is 3.42. The van der Waals surface area contributed by atoms with Crippen LogP contribution in [0, 0.1) is 0 Å². The standard InChI is InChI=1S/C7H9NO4S/c1-8(12-13(10)11)6-4-2-3-5-7(6)9/h2-5,9H,1H3,(H,10,11). The Morgan fingerprint density at radius 1 is 1.46 bits per heavy atom. The molecule has 0 amide bonds. The van der Waals surface area contributed by atoms with Crippen LogP contribution < -0.4 is 5.06 Å². The summed E-state index contributed by atoms with van der Waals surface area (Å²) in [6, 6.07) is 6.33. The van der Waals surface area contributed by atoms with E-state index in [-0.39, 0.29) is 5.75 Å². The van der Waals surface area contributed by atoms with Gasteiger partial charge in [-0.2, -0.15) is 4.21 Å². The second kappa shape index (κ2) is 4.22. The maximum atomic E-state index is 10.3. The maximum Gasteiger partial charge on any atom is 0.325 e. The highest BCUT2D eigenvalue weighted by atomic mass is 32.2. The SMILES string of the molecule is CN(OS(=O)O)c1ccccc1O. The first-order valence-corrected chi connectivity index (χ1v) is 4.45. The Balaban J connectivity index is 2.82. The molecule has 1 aromatic rings. The lowest BCUT2D eigenvalue weighted by atomic mass is 10.3. The van der Waals surface area contributed by atoms with Crippen LogP contribution in [-0.2, 0) is 15.6 Å². The van der Waals surface area contributed by atoms with E-state index in [1.54, 1.807) is 18.2 Å². The molecular formula is C7H9NO4S. The molecule has 72 valence electrons. The number of rotatable bonds is 3. The minimum atomic E-state index is -2.39. The van der Waals surface area contributed by atoms with Crippen molar-refractivity contribution in [3.8, 4) is 5.75 Å². The van der Waals surface area contributed by atoms with Crippen molar-refractivity contribution in [1.29, 1.82) is 0 Å². The Morgan fingerprint density at radius 2 is 2.08 bits per heavy atom. The largest absolute Gasteiger partial charge is 0.506 e. The lowest BCUT2D eigenvalue weighted by molar-refractivity contribution is 0.291. The third-order valence-electron chi connectivity index (χ3n) is 1.40. The van der Waals surface area contributed by atoms with Gasteiger partial charge in [0.2, 0.25) is 0 Å². The smallest absolute Gasteiger partial charge is 0.325 e. The number of hydroxylamine groups is 1. The number of benzene rings is 1. The lowest BCUT2D eigenvalue weighted by Gasteiger charge is -2.15. The summed E-state index contributed by atoms with van der Waals surface area (Å²) in [5, 5.41) is 10.3. The maximum absolute atomic E-state index is 10.3. The molecule has 2 N–H and O–H groups in total. The zero-order valence-corrected chi connectivity index (χ0v) is 7.69. The molecule has 1 atom stereocenters. The molecule has 0 spiro atoms. The van der Waals surface area contributed by atoms with Gasteiger partial charge >= 0.3 is 11.4 Å². The van der Waals surface area contributed by atoms with E-state index < -0.39 is 11.4 Å². The molecule has 1 aromatic carbocycles. The van der Waals surface area contributed by atoms with E-state index in [4.69, 9.17) is 4.55 Å². The van der Waals surface area contributed by atoms with Crippen LogP contribution in [0.3, 0.4) is 0 Å². The van der Waals surface area contributed by atoms with Gasteiger partial charge in [0.15, 0.2) is 0 Å². The molecule has 1 rings (SSSR count). The summed E-state index contributed by atoms with van der Waals surface area (Å²) in [5.41, 5.74) is 0.324. The number of phenolic OH excluding ortho intramolecular Hbond substituents is 1. The number of nitrogens with zero attached hydrogens (tertiary/aromatic N) is 1. The normalized spacial score (nSPS) is 12.5. The van der Waals surface area contributed by atoms with Gasteiger partial charge in [-0.15, -0.1) is 4.28 Å². The molecule has 0 bridgehead atoms. The highest BCUT2D eigenvalue weighted by Crippen LogP contribution is 2.25. The summed E-state index contributed by atoms with van der Waals surface area (Å²) >= 11 is -2.39. The van der Waals surface area contributed by atoms with Crippen molar-refractivity contribution in [3.63, 3.8) is 0 Å². The lowest BCUT2D eigenvalue weighted by Crippen LogP contribution is -2.18. The molecule has 0 aliphatic heterocycles. The number of aromatic hydroxyl groups is 1. The molecule has 1 unspecified atom stereocenters. The summed E-state index contributed by atoms with van der Waals surface area (Å²) < 4.78 is 23.1. The zero-order chi connectivity index (χ0) is 9.84. The summed E-state index contributed by atoms with van der Waals surface area (Å²) in [6.45, 7) is 0. The summed E-state index contributed by atoms with van der Waals surface area (Å²) in [6.07, 6.45) is 0. The van der Waals surface area contributed by atoms with E-state index in [0.29, 0.717) is 5.69 Å². The molecule has 0 aliphatic rings. The quantitative estimate of drug-likeness (QED) is 0.564. The molecule has 13 heavy (non-hydrogen) atoms. The van der Waals surface area contributed by atoms with Crippen LogP contribution in [0.25, 0.3) is 0 Å². The third-order valence-corrected chi connectivity index (χ3v) is 1.75. The Hall–Kier alpha value is -1.11. The Labute approximate surface area is 78.0 Å². The van der Waals surface area contributed by atoms with E-state index in [1.807, 2.05) is 0 Å². The fourth-order valence-electron chi connectivity index (χ4n) is 0.866. The van der Waals surface area contributed by atoms with Gasteiger partial charge in [-0.25, -0.2) is 5.06 Å². The molecule has 0 aliphatic carbocycles. The zero-order valence-electron chi connectivity index (χ0n) is 6.88. The van der Waals surface area contributed by atoms with Crippen LogP contribution in [0.2, 0.25) is 0 Å². The monoisotopic (exact) mass is 203 g/mol. The van der Waals surface area contributed by atoms with Crippen molar-refractivity contribution < 1.29 is 18.2 Å². The number of phenols is 1. The molecule has 0 fully saturated rings. The summed E-state index contributed by atoms with van der Waals surface area (Å²) in [7, 11) is 1.42. The Morgan fingerprint density at radius 3 is 2.62 bits per heavy atom. The Bertz CT molecular complexity index is 317. The van der Waals surface area contributed by atoms with E-state index in [1.165, 1.54) is 13.1 Å². The molecule has 0 saturated heterocycles. The van der Waals surface area contributed by atoms with E-state index in [9.17, 15) is 9.32 Å². The summed E-state index contributed by atoms with van der Waals surface area (Å²) in [4.78, 5) is 0. The predicted molar refractivity (Wildman–Crippen MR) is 48.4 cm³/mol. The van der Waals surface area contributed by atoms with Crippen molar-refractivity contribution in [2.24, 2.45) is 0 Å². The third kappa shape index (κ3) is 2.69. The van der Waals surface area contributed by atoms with Gasteiger partial charge in [0.1, 0.15) is 11.4 Å². The van der Waals surface area contributed by atoms with Gasteiger partial charge in [-0.1, -0.05) is 12.1 Å². The van der Waals surface area contributed by atoms with Crippen molar-refractivity contribution in [1.82, 2.24) is 0 Å². The topological polar surface area (TPSA) is 70.0 Å². The van der Waals surface area contributed by atoms with E-state index in [0.717, 1.165) is 5.06 Å². The second-order valence-electron chi connectivity index (χ2n) is 2.28. The first kappa shape index (κ1) is 9.97. The summed E-state index contributed by atoms with van der Waals surface area (Å²) in [5.74, 6) is -0.0181. The number of hydrogen-bond acceptors (Lipinski definition) is 4. The van der Waals surface area contributed by atoms with E-state index in [2.05, 4.69) is 4.28 Å². The molecule has 0 radical (unpaired) electrons. The van der Waals surface area contributed by atoms with Gasteiger partial charge in [0.05, 0.1) is 0 Å². The minimum absolute atomic E-state index is 0.0181. The predicted octanol–water partition coefficient (Wildman–Crippen LogP) is 0.897.